The predicted octanol–water partition coefficient (Wildman–Crippen LogP) is 3.16. The van der Waals surface area contributed by atoms with Gasteiger partial charge in [-0.05, 0) is 19.9 Å². The SMILES string of the molecule is COCc1cnn(-c2ncc(NC(=O)Nc3cnn4cc(C)nc4c3C(C)OC)cc2Cl)n1. The van der Waals surface area contributed by atoms with Crippen molar-refractivity contribution >= 4 is 34.7 Å². The van der Waals surface area contributed by atoms with Crippen molar-refractivity contribution in [3.63, 3.8) is 0 Å². The number of fused-ring (bicyclic) bond motifs is 1. The summed E-state index contributed by atoms with van der Waals surface area (Å²) in [5, 5.41) is 18.5. The number of hydrogen-bond donors (Lipinski definition) is 2. The summed E-state index contributed by atoms with van der Waals surface area (Å²) in [5.41, 5.74) is 3.61. The van der Waals surface area contributed by atoms with Crippen LogP contribution in [0.4, 0.5) is 16.2 Å². The van der Waals surface area contributed by atoms with Crippen LogP contribution in [0.5, 0.6) is 0 Å². The quantitative estimate of drug-likeness (QED) is 0.420. The van der Waals surface area contributed by atoms with Gasteiger partial charge in [0.2, 0.25) is 0 Å². The molecular formula is C20H22ClN9O3. The summed E-state index contributed by atoms with van der Waals surface area (Å²) in [7, 11) is 3.15. The van der Waals surface area contributed by atoms with Crippen molar-refractivity contribution < 1.29 is 14.3 Å². The molecule has 0 radical (unpaired) electrons. The van der Waals surface area contributed by atoms with Gasteiger partial charge in [0.15, 0.2) is 11.5 Å². The molecule has 172 valence electrons. The van der Waals surface area contributed by atoms with E-state index >= 15 is 0 Å². The highest BCUT2D eigenvalue weighted by Crippen LogP contribution is 2.29. The molecule has 0 fully saturated rings. The highest BCUT2D eigenvalue weighted by atomic mass is 35.5. The lowest BCUT2D eigenvalue weighted by Gasteiger charge is -2.16. The summed E-state index contributed by atoms with van der Waals surface area (Å²) in [5.74, 6) is 0.325. The molecule has 12 nitrogen and oxygen atoms in total. The minimum atomic E-state index is -0.501. The van der Waals surface area contributed by atoms with E-state index < -0.39 is 6.03 Å². The molecule has 0 spiro atoms. The number of rotatable bonds is 7. The second-order valence-electron chi connectivity index (χ2n) is 7.17. The number of hydrogen-bond acceptors (Lipinski definition) is 8. The third kappa shape index (κ3) is 4.77. The topological polar surface area (TPSA) is 133 Å². The third-order valence-electron chi connectivity index (χ3n) is 4.76. The molecule has 0 aromatic carbocycles. The number of aromatic nitrogens is 7. The Labute approximate surface area is 193 Å². The second-order valence-corrected chi connectivity index (χ2v) is 7.57. The van der Waals surface area contributed by atoms with Crippen LogP contribution < -0.4 is 10.6 Å². The van der Waals surface area contributed by atoms with Crippen molar-refractivity contribution in [3.8, 4) is 5.82 Å². The van der Waals surface area contributed by atoms with Crippen LogP contribution in [-0.2, 0) is 16.1 Å². The maximum atomic E-state index is 12.7. The zero-order valence-electron chi connectivity index (χ0n) is 18.4. The summed E-state index contributed by atoms with van der Waals surface area (Å²) < 4.78 is 12.2. The van der Waals surface area contributed by atoms with E-state index in [1.165, 1.54) is 11.0 Å². The predicted molar refractivity (Wildman–Crippen MR) is 121 cm³/mol. The molecule has 0 aliphatic carbocycles. The Morgan fingerprint density at radius 2 is 2.03 bits per heavy atom. The molecule has 2 N–H and O–H groups in total. The number of carbonyl (C=O) groups is 1. The van der Waals surface area contributed by atoms with Crippen LogP contribution in [0.15, 0.2) is 30.9 Å². The van der Waals surface area contributed by atoms with Gasteiger partial charge in [0.1, 0.15) is 5.69 Å². The van der Waals surface area contributed by atoms with E-state index in [2.05, 4.69) is 35.9 Å². The van der Waals surface area contributed by atoms with Crippen molar-refractivity contribution in [2.45, 2.75) is 26.6 Å². The molecule has 4 rings (SSSR count). The first-order valence-corrected chi connectivity index (χ1v) is 10.3. The Morgan fingerprint density at radius 1 is 1.21 bits per heavy atom. The van der Waals surface area contributed by atoms with Crippen molar-refractivity contribution in [2.75, 3.05) is 24.9 Å². The lowest BCUT2D eigenvalue weighted by atomic mass is 10.1. The molecule has 33 heavy (non-hydrogen) atoms. The van der Waals surface area contributed by atoms with Crippen LogP contribution in [0, 0.1) is 6.92 Å². The number of methoxy groups -OCH3 is 2. The molecular weight excluding hydrogens is 450 g/mol. The van der Waals surface area contributed by atoms with E-state index in [1.807, 2.05) is 13.8 Å². The van der Waals surface area contributed by atoms with Crippen LogP contribution in [0.2, 0.25) is 5.02 Å². The van der Waals surface area contributed by atoms with Gasteiger partial charge in [-0.25, -0.2) is 19.3 Å². The van der Waals surface area contributed by atoms with E-state index in [-0.39, 0.29) is 11.1 Å². The number of halogens is 1. The Bertz CT molecular complexity index is 1300. The molecule has 4 aromatic heterocycles. The third-order valence-corrected chi connectivity index (χ3v) is 5.04. The fourth-order valence-electron chi connectivity index (χ4n) is 3.23. The van der Waals surface area contributed by atoms with Gasteiger partial charge in [-0.15, -0.1) is 9.90 Å². The van der Waals surface area contributed by atoms with Gasteiger partial charge in [-0.1, -0.05) is 11.6 Å². The molecule has 13 heteroatoms. The van der Waals surface area contributed by atoms with Gasteiger partial charge < -0.3 is 20.1 Å². The molecule has 4 aromatic rings. The van der Waals surface area contributed by atoms with Gasteiger partial charge in [-0.3, -0.25) is 0 Å². The average molecular weight is 472 g/mol. The number of imidazole rings is 1. The first-order valence-electron chi connectivity index (χ1n) is 9.91. The maximum absolute atomic E-state index is 12.7. The molecule has 1 unspecified atom stereocenters. The van der Waals surface area contributed by atoms with Gasteiger partial charge in [0.25, 0.3) is 0 Å². The molecule has 2 amide bonds. The number of aryl methyl sites for hydroxylation is 1. The summed E-state index contributed by atoms with van der Waals surface area (Å²) in [6.07, 6.45) is 6.04. The van der Waals surface area contributed by atoms with Crippen LogP contribution in [0.1, 0.15) is 30.0 Å². The molecule has 0 saturated heterocycles. The van der Waals surface area contributed by atoms with E-state index in [1.54, 1.807) is 43.4 Å². The number of carbonyl (C=O) groups excluding carboxylic acids is 1. The van der Waals surface area contributed by atoms with Crippen molar-refractivity contribution in [1.29, 1.82) is 0 Å². The fraction of sp³-hybridized carbons (Fsp3) is 0.300. The second kappa shape index (κ2) is 9.48. The lowest BCUT2D eigenvalue weighted by molar-refractivity contribution is 0.120. The standard InChI is InChI=1S/C20H22ClN9O3/c1-11-9-29-19(25-11)17(12(2)33-4)16(8-23-29)27-20(31)26-13-5-15(21)18(22-6-13)30-24-7-14(28-30)10-32-3/h5-9,12H,10H2,1-4H3,(H2,26,27,31). The van der Waals surface area contributed by atoms with Crippen LogP contribution in [0.25, 0.3) is 11.5 Å². The first-order chi connectivity index (χ1) is 15.9. The zero-order chi connectivity index (χ0) is 23.5. The maximum Gasteiger partial charge on any atom is 0.323 e. The minimum Gasteiger partial charge on any atom is -0.378 e. The number of nitrogens with zero attached hydrogens (tertiary/aromatic N) is 7. The summed E-state index contributed by atoms with van der Waals surface area (Å²) in [6.45, 7) is 4.06. The van der Waals surface area contributed by atoms with Crippen molar-refractivity contribution in [1.82, 2.24) is 34.6 Å². The minimum absolute atomic E-state index is 0.261. The van der Waals surface area contributed by atoms with Crippen LogP contribution in [0.3, 0.4) is 0 Å². The average Bonchev–Trinajstić information content (AvgIpc) is 3.39. The first kappa shape index (κ1) is 22.6. The largest absolute Gasteiger partial charge is 0.378 e. The van der Waals surface area contributed by atoms with Crippen LogP contribution in [-0.4, -0.2) is 54.8 Å². The van der Waals surface area contributed by atoms with Crippen molar-refractivity contribution in [2.24, 2.45) is 0 Å². The lowest BCUT2D eigenvalue weighted by Crippen LogP contribution is -2.22. The summed E-state index contributed by atoms with van der Waals surface area (Å²) in [6, 6.07) is 1.06. The Hall–Kier alpha value is -3.61. The van der Waals surface area contributed by atoms with Gasteiger partial charge in [0.05, 0.1) is 65.2 Å². The summed E-state index contributed by atoms with van der Waals surface area (Å²) >= 11 is 6.34. The smallest absolute Gasteiger partial charge is 0.323 e. The molecule has 4 heterocycles. The Kier molecular flexibility index (Phi) is 6.49. The highest BCUT2D eigenvalue weighted by Gasteiger charge is 2.19. The van der Waals surface area contributed by atoms with E-state index in [9.17, 15) is 4.79 Å². The molecule has 0 saturated carbocycles. The summed E-state index contributed by atoms with van der Waals surface area (Å²) in [4.78, 5) is 22.8. The monoisotopic (exact) mass is 471 g/mol. The number of pyridine rings is 1. The fourth-order valence-corrected chi connectivity index (χ4v) is 3.47. The molecule has 0 aliphatic heterocycles. The number of amides is 2. The van der Waals surface area contributed by atoms with Gasteiger partial charge in [0, 0.05) is 14.2 Å². The normalized spacial score (nSPS) is 12.2. The number of nitrogens with one attached hydrogen (secondary N) is 2. The molecule has 0 aliphatic rings. The van der Waals surface area contributed by atoms with E-state index in [0.717, 1.165) is 5.69 Å². The zero-order valence-corrected chi connectivity index (χ0v) is 19.2. The highest BCUT2D eigenvalue weighted by molar-refractivity contribution is 6.32. The van der Waals surface area contributed by atoms with Crippen molar-refractivity contribution in [3.05, 3.63) is 52.8 Å². The van der Waals surface area contributed by atoms with E-state index in [4.69, 9.17) is 21.1 Å². The van der Waals surface area contributed by atoms with Gasteiger partial charge in [-0.2, -0.15) is 10.2 Å². The molecule has 1 atom stereocenters. The number of anilines is 2. The Balaban J connectivity index is 1.53. The van der Waals surface area contributed by atoms with E-state index in [0.29, 0.717) is 40.7 Å². The Morgan fingerprint density at radius 3 is 2.76 bits per heavy atom. The molecule has 0 bridgehead atoms. The number of urea groups is 1. The van der Waals surface area contributed by atoms with Crippen LogP contribution >= 0.6 is 11.6 Å². The van der Waals surface area contributed by atoms with Gasteiger partial charge >= 0.3 is 6.03 Å². The number of ether oxygens (including phenoxy) is 2.